The predicted molar refractivity (Wildman–Crippen MR) is 103 cm³/mol. The van der Waals surface area contributed by atoms with Gasteiger partial charge in [0.25, 0.3) is 10.1 Å². The van der Waals surface area contributed by atoms with Crippen molar-refractivity contribution in [1.82, 2.24) is 0 Å². The van der Waals surface area contributed by atoms with Crippen LogP contribution in [0.25, 0.3) is 10.8 Å². The molecule has 0 bridgehead atoms. The van der Waals surface area contributed by atoms with Gasteiger partial charge in [-0.1, -0.05) is 44.0 Å². The minimum absolute atomic E-state index is 0.152. The van der Waals surface area contributed by atoms with E-state index < -0.39 is 22.3 Å². The van der Waals surface area contributed by atoms with Crippen LogP contribution in [0.1, 0.15) is 33.1 Å². The molecule has 0 aromatic heterocycles. The van der Waals surface area contributed by atoms with Gasteiger partial charge in [-0.3, -0.25) is 4.55 Å². The van der Waals surface area contributed by atoms with Crippen molar-refractivity contribution in [3.63, 3.8) is 0 Å². The molecule has 2 atom stereocenters. The molecule has 3 N–H and O–H groups in total. The highest BCUT2D eigenvalue weighted by molar-refractivity contribution is 7.86. The maximum Gasteiger partial charge on any atom is 0.295 e. The Balaban J connectivity index is 2.49. The molecule has 0 aliphatic rings. The molecule has 26 heavy (non-hydrogen) atoms. The van der Waals surface area contributed by atoms with E-state index in [2.05, 4.69) is 6.92 Å². The number of aliphatic hydroxyl groups is 2. The van der Waals surface area contributed by atoms with Crippen molar-refractivity contribution in [2.45, 2.75) is 50.2 Å². The van der Waals surface area contributed by atoms with Crippen molar-refractivity contribution >= 4 is 26.6 Å². The highest BCUT2D eigenvalue weighted by Crippen LogP contribution is 2.32. The summed E-state index contributed by atoms with van der Waals surface area (Å²) in [5.74, 6) is 0. The normalized spacial score (nSPS) is 14.3. The molecule has 6 nitrogen and oxygen atoms in total. The molecular weight excluding hydrogens is 354 g/mol. The number of fused-ring (bicyclic) bond motifs is 1. The van der Waals surface area contributed by atoms with E-state index >= 15 is 0 Å². The van der Waals surface area contributed by atoms with Crippen LogP contribution >= 0.6 is 0 Å². The van der Waals surface area contributed by atoms with Gasteiger partial charge in [-0.05, 0) is 25.5 Å². The van der Waals surface area contributed by atoms with Gasteiger partial charge in [-0.25, -0.2) is 0 Å². The molecule has 2 aromatic carbocycles. The molecule has 7 heteroatoms. The molecule has 0 aliphatic heterocycles. The number of anilines is 1. The van der Waals surface area contributed by atoms with Crippen molar-refractivity contribution in [2.24, 2.45) is 0 Å². The molecule has 0 saturated heterocycles. The first-order valence-electron chi connectivity index (χ1n) is 8.84. The molecule has 0 aliphatic carbocycles. The molecule has 2 rings (SSSR count). The molecule has 0 radical (unpaired) electrons. The van der Waals surface area contributed by atoms with E-state index in [-0.39, 0.29) is 4.90 Å². The molecule has 0 fully saturated rings. The van der Waals surface area contributed by atoms with Crippen molar-refractivity contribution in [1.29, 1.82) is 0 Å². The fourth-order valence-corrected chi connectivity index (χ4v) is 3.83. The van der Waals surface area contributed by atoms with Gasteiger partial charge in [-0.15, -0.1) is 0 Å². The van der Waals surface area contributed by atoms with Crippen LogP contribution in [0.15, 0.2) is 41.3 Å². The Morgan fingerprint density at radius 3 is 2.27 bits per heavy atom. The lowest BCUT2D eigenvalue weighted by molar-refractivity contribution is 0.156. The van der Waals surface area contributed by atoms with E-state index in [9.17, 15) is 23.2 Å². The number of aliphatic hydroxyl groups excluding tert-OH is 2. The first-order chi connectivity index (χ1) is 12.2. The first kappa shape index (κ1) is 20.6. The SMILES string of the molecule is CCCCC(O)CN(CC(C)O)c1ccc(S(=O)(=O)O)c2ccccc12. The number of unbranched alkanes of at least 4 members (excludes halogenated alkanes) is 1. The fraction of sp³-hybridized carbons (Fsp3) is 0.474. The highest BCUT2D eigenvalue weighted by Gasteiger charge is 2.20. The van der Waals surface area contributed by atoms with Gasteiger partial charge >= 0.3 is 0 Å². The summed E-state index contributed by atoms with van der Waals surface area (Å²) in [6.07, 6.45) is 1.39. The zero-order chi connectivity index (χ0) is 19.3. The second-order valence-electron chi connectivity index (χ2n) is 6.65. The Kier molecular flexibility index (Phi) is 7.00. The largest absolute Gasteiger partial charge is 0.392 e. The summed E-state index contributed by atoms with van der Waals surface area (Å²) in [6.45, 7) is 4.36. The maximum absolute atomic E-state index is 11.7. The second-order valence-corrected chi connectivity index (χ2v) is 8.04. The fourth-order valence-electron chi connectivity index (χ4n) is 3.13. The number of nitrogens with zero attached hydrogens (tertiary/aromatic N) is 1. The van der Waals surface area contributed by atoms with E-state index in [1.165, 1.54) is 6.07 Å². The van der Waals surface area contributed by atoms with Crippen molar-refractivity contribution < 1.29 is 23.2 Å². The smallest absolute Gasteiger partial charge is 0.295 e. The standard InChI is InChI=1S/C19H27NO5S/c1-3-4-7-15(22)13-20(12-14(2)21)18-10-11-19(26(23,24)25)17-9-6-5-8-16(17)18/h5-6,8-11,14-15,21-22H,3-4,7,12-13H2,1-2H3,(H,23,24,25). The van der Waals surface area contributed by atoms with Crippen LogP contribution in [0.5, 0.6) is 0 Å². The topological polar surface area (TPSA) is 98.1 Å². The third-order valence-electron chi connectivity index (χ3n) is 4.29. The van der Waals surface area contributed by atoms with Crippen LogP contribution < -0.4 is 4.90 Å². The summed E-state index contributed by atoms with van der Waals surface area (Å²) in [5, 5.41) is 21.2. The number of rotatable bonds is 9. The number of benzene rings is 2. The second kappa shape index (κ2) is 8.81. The molecule has 144 valence electrons. The Hall–Kier alpha value is -1.67. The van der Waals surface area contributed by atoms with Gasteiger partial charge in [0, 0.05) is 29.5 Å². The summed E-state index contributed by atoms with van der Waals surface area (Å²) in [5.41, 5.74) is 0.712. The lowest BCUT2D eigenvalue weighted by Gasteiger charge is -2.30. The monoisotopic (exact) mass is 381 g/mol. The van der Waals surface area contributed by atoms with Gasteiger partial charge < -0.3 is 15.1 Å². The number of hydrogen-bond acceptors (Lipinski definition) is 5. The summed E-state index contributed by atoms with van der Waals surface area (Å²) in [6, 6.07) is 9.87. The highest BCUT2D eigenvalue weighted by atomic mass is 32.2. The van der Waals surface area contributed by atoms with Crippen LogP contribution in [0, 0.1) is 0 Å². The van der Waals surface area contributed by atoms with Crippen LogP contribution in [-0.2, 0) is 10.1 Å². The maximum atomic E-state index is 11.7. The molecule has 0 spiro atoms. The third-order valence-corrected chi connectivity index (χ3v) is 5.20. The van der Waals surface area contributed by atoms with E-state index in [4.69, 9.17) is 0 Å². The van der Waals surface area contributed by atoms with Crippen molar-refractivity contribution in [3.05, 3.63) is 36.4 Å². The average molecular weight is 381 g/mol. The van der Waals surface area contributed by atoms with Crippen LogP contribution in [0.3, 0.4) is 0 Å². The molecule has 2 aromatic rings. The Morgan fingerprint density at radius 2 is 1.69 bits per heavy atom. The Morgan fingerprint density at radius 1 is 1.04 bits per heavy atom. The molecule has 2 unspecified atom stereocenters. The number of hydrogen-bond donors (Lipinski definition) is 3. The molecule has 0 amide bonds. The minimum atomic E-state index is -4.35. The van der Waals surface area contributed by atoms with E-state index in [0.717, 1.165) is 12.8 Å². The molecule has 0 saturated carbocycles. The summed E-state index contributed by atoms with van der Waals surface area (Å²) in [7, 11) is -4.35. The van der Waals surface area contributed by atoms with Gasteiger partial charge in [0.05, 0.1) is 12.2 Å². The minimum Gasteiger partial charge on any atom is -0.392 e. The summed E-state index contributed by atoms with van der Waals surface area (Å²) >= 11 is 0. The first-order valence-corrected chi connectivity index (χ1v) is 10.3. The zero-order valence-corrected chi connectivity index (χ0v) is 16.0. The van der Waals surface area contributed by atoms with Gasteiger partial charge in [-0.2, -0.15) is 8.42 Å². The Bertz CT molecular complexity index is 835. The lowest BCUT2D eigenvalue weighted by atomic mass is 10.1. The predicted octanol–water partition coefficient (Wildman–Crippen LogP) is 2.82. The Labute approximate surface area is 154 Å². The van der Waals surface area contributed by atoms with Gasteiger partial charge in [0.15, 0.2) is 0 Å². The summed E-state index contributed by atoms with van der Waals surface area (Å²) < 4.78 is 32.8. The lowest BCUT2D eigenvalue weighted by Crippen LogP contribution is -2.37. The van der Waals surface area contributed by atoms with Crippen LogP contribution in [-0.4, -0.2) is 48.5 Å². The molecular formula is C19H27NO5S. The summed E-state index contributed by atoms with van der Waals surface area (Å²) in [4.78, 5) is 1.71. The van der Waals surface area contributed by atoms with Crippen molar-refractivity contribution in [3.8, 4) is 0 Å². The third kappa shape index (κ3) is 5.17. The van der Waals surface area contributed by atoms with E-state index in [1.807, 2.05) is 4.90 Å². The van der Waals surface area contributed by atoms with Crippen molar-refractivity contribution in [2.75, 3.05) is 18.0 Å². The average Bonchev–Trinajstić information content (AvgIpc) is 2.57. The van der Waals surface area contributed by atoms with E-state index in [0.29, 0.717) is 36.0 Å². The van der Waals surface area contributed by atoms with Crippen LogP contribution in [0.4, 0.5) is 5.69 Å². The quantitative estimate of drug-likeness (QED) is 0.578. The molecule has 0 heterocycles. The van der Waals surface area contributed by atoms with E-state index in [1.54, 1.807) is 37.3 Å². The van der Waals surface area contributed by atoms with Gasteiger partial charge in [0.2, 0.25) is 0 Å². The zero-order valence-electron chi connectivity index (χ0n) is 15.2. The van der Waals surface area contributed by atoms with Gasteiger partial charge in [0.1, 0.15) is 4.90 Å². The van der Waals surface area contributed by atoms with Crippen LogP contribution in [0.2, 0.25) is 0 Å².